The van der Waals surface area contributed by atoms with Crippen LogP contribution in [-0.2, 0) is 17.8 Å². The lowest BCUT2D eigenvalue weighted by Gasteiger charge is -2.33. The third-order valence-electron chi connectivity index (χ3n) is 5.26. The van der Waals surface area contributed by atoms with Crippen LogP contribution in [0.5, 0.6) is 11.5 Å². The highest BCUT2D eigenvalue weighted by Gasteiger charge is 2.26. The van der Waals surface area contributed by atoms with Gasteiger partial charge >= 0.3 is 0 Å². The van der Waals surface area contributed by atoms with Crippen LogP contribution < -0.4 is 9.47 Å². The van der Waals surface area contributed by atoms with E-state index < -0.39 is 0 Å². The monoisotopic (exact) mass is 332 g/mol. The molecule has 1 aromatic carbocycles. The highest BCUT2D eigenvalue weighted by Crippen LogP contribution is 2.33. The van der Waals surface area contributed by atoms with E-state index in [1.807, 2.05) is 17.0 Å². The lowest BCUT2D eigenvalue weighted by Crippen LogP contribution is -2.39. The average molecular weight is 332 g/mol. The minimum absolute atomic E-state index is 0.288. The van der Waals surface area contributed by atoms with Gasteiger partial charge in [0.15, 0.2) is 11.5 Å². The molecule has 3 rings (SSSR count). The third-order valence-corrected chi connectivity index (χ3v) is 5.26. The summed E-state index contributed by atoms with van der Waals surface area (Å²) < 4.78 is 10.8. The summed E-state index contributed by atoms with van der Waals surface area (Å²) in [6.45, 7) is 3.67. The number of ether oxygens (including phenoxy) is 2. The summed E-state index contributed by atoms with van der Waals surface area (Å²) in [6.07, 6.45) is 3.93. The largest absolute Gasteiger partial charge is 0.493 e. The van der Waals surface area contributed by atoms with Gasteiger partial charge < -0.3 is 19.3 Å². The summed E-state index contributed by atoms with van der Waals surface area (Å²) in [7, 11) is 5.45. The Labute approximate surface area is 144 Å². The molecule has 1 aromatic rings. The molecule has 1 amide bonds. The first-order valence-corrected chi connectivity index (χ1v) is 8.80. The molecule has 1 unspecified atom stereocenters. The Morgan fingerprint density at radius 3 is 2.54 bits per heavy atom. The van der Waals surface area contributed by atoms with Crippen molar-refractivity contribution in [1.29, 1.82) is 0 Å². The van der Waals surface area contributed by atoms with E-state index in [0.717, 1.165) is 37.6 Å². The van der Waals surface area contributed by atoms with Crippen molar-refractivity contribution in [3.05, 3.63) is 23.3 Å². The molecule has 1 fully saturated rings. The molecule has 5 heteroatoms. The van der Waals surface area contributed by atoms with E-state index in [9.17, 15) is 4.79 Å². The predicted molar refractivity (Wildman–Crippen MR) is 93.5 cm³/mol. The normalized spacial score (nSPS) is 21.3. The number of amides is 1. The standard InChI is InChI=1S/C19H28N2O3/c1-20-7-4-5-14(12-20)9-19(22)21-8-6-15-10-17(23-2)18(24-3)11-16(15)13-21/h10-11,14H,4-9,12-13H2,1-3H3. The average Bonchev–Trinajstić information content (AvgIpc) is 2.59. The smallest absolute Gasteiger partial charge is 0.223 e. The summed E-state index contributed by atoms with van der Waals surface area (Å²) in [5.74, 6) is 2.29. The molecule has 1 atom stereocenters. The maximum absolute atomic E-state index is 12.7. The highest BCUT2D eigenvalue weighted by atomic mass is 16.5. The van der Waals surface area contributed by atoms with Crippen LogP contribution >= 0.6 is 0 Å². The Kier molecular flexibility index (Phi) is 5.29. The van der Waals surface area contributed by atoms with Gasteiger partial charge in [-0.15, -0.1) is 0 Å². The summed E-state index contributed by atoms with van der Waals surface area (Å²) in [6, 6.07) is 4.06. The summed E-state index contributed by atoms with van der Waals surface area (Å²) in [5.41, 5.74) is 2.43. The molecule has 2 aliphatic rings. The molecule has 2 heterocycles. The second-order valence-electron chi connectivity index (χ2n) is 7.02. The Morgan fingerprint density at radius 1 is 1.17 bits per heavy atom. The fourth-order valence-corrected chi connectivity index (χ4v) is 3.91. The zero-order valence-electron chi connectivity index (χ0n) is 15.0. The molecule has 2 aliphatic heterocycles. The van der Waals surface area contributed by atoms with Crippen LogP contribution in [0.2, 0.25) is 0 Å². The van der Waals surface area contributed by atoms with E-state index in [4.69, 9.17) is 9.47 Å². The number of likely N-dealkylation sites (tertiary alicyclic amines) is 1. The van der Waals surface area contributed by atoms with E-state index in [1.165, 1.54) is 24.0 Å². The van der Waals surface area contributed by atoms with Crippen molar-refractivity contribution < 1.29 is 14.3 Å². The van der Waals surface area contributed by atoms with Gasteiger partial charge in [0.05, 0.1) is 14.2 Å². The van der Waals surface area contributed by atoms with Crippen molar-refractivity contribution in [2.45, 2.75) is 32.2 Å². The Hall–Kier alpha value is -1.75. The van der Waals surface area contributed by atoms with Crippen LogP contribution in [0.15, 0.2) is 12.1 Å². The van der Waals surface area contributed by atoms with E-state index in [2.05, 4.69) is 11.9 Å². The molecular weight excluding hydrogens is 304 g/mol. The number of piperidine rings is 1. The van der Waals surface area contributed by atoms with E-state index in [0.29, 0.717) is 18.9 Å². The van der Waals surface area contributed by atoms with Crippen molar-refractivity contribution in [2.75, 3.05) is 40.9 Å². The van der Waals surface area contributed by atoms with Gasteiger partial charge in [-0.3, -0.25) is 4.79 Å². The second-order valence-corrected chi connectivity index (χ2v) is 7.02. The lowest BCUT2D eigenvalue weighted by molar-refractivity contribution is -0.133. The fourth-order valence-electron chi connectivity index (χ4n) is 3.91. The van der Waals surface area contributed by atoms with Crippen molar-refractivity contribution in [3.63, 3.8) is 0 Å². The predicted octanol–water partition coefficient (Wildman–Crippen LogP) is 2.32. The van der Waals surface area contributed by atoms with Gasteiger partial charge in [0.2, 0.25) is 5.91 Å². The minimum atomic E-state index is 0.288. The fraction of sp³-hybridized carbons (Fsp3) is 0.632. The van der Waals surface area contributed by atoms with Gasteiger partial charge in [-0.25, -0.2) is 0 Å². The molecule has 0 bridgehead atoms. The second kappa shape index (κ2) is 7.43. The van der Waals surface area contributed by atoms with Crippen LogP contribution in [0.1, 0.15) is 30.4 Å². The Balaban J connectivity index is 1.66. The molecule has 0 saturated carbocycles. The van der Waals surface area contributed by atoms with Crippen molar-refractivity contribution in [3.8, 4) is 11.5 Å². The van der Waals surface area contributed by atoms with E-state index >= 15 is 0 Å². The number of nitrogens with zero attached hydrogens (tertiary/aromatic N) is 2. The molecule has 0 spiro atoms. The van der Waals surface area contributed by atoms with Gasteiger partial charge in [-0.05, 0) is 62.0 Å². The topological polar surface area (TPSA) is 42.0 Å². The molecular formula is C19H28N2O3. The first-order valence-electron chi connectivity index (χ1n) is 8.80. The summed E-state index contributed by atoms with van der Waals surface area (Å²) in [5, 5.41) is 0. The first-order chi connectivity index (χ1) is 11.6. The first kappa shape index (κ1) is 17.1. The van der Waals surface area contributed by atoms with E-state index in [-0.39, 0.29) is 5.91 Å². The molecule has 0 radical (unpaired) electrons. The number of carbonyl (C=O) groups excluding carboxylic acids is 1. The number of methoxy groups -OCH3 is 2. The zero-order valence-corrected chi connectivity index (χ0v) is 15.0. The summed E-state index contributed by atoms with van der Waals surface area (Å²) in [4.78, 5) is 17.1. The van der Waals surface area contributed by atoms with Crippen LogP contribution in [0.4, 0.5) is 0 Å². The maximum Gasteiger partial charge on any atom is 0.223 e. The SMILES string of the molecule is COc1cc2c(cc1OC)CN(C(=O)CC1CCCN(C)C1)CC2. The molecule has 5 nitrogen and oxygen atoms in total. The highest BCUT2D eigenvalue weighted by molar-refractivity contribution is 5.77. The van der Waals surface area contributed by atoms with Gasteiger partial charge in [0, 0.05) is 26.1 Å². The van der Waals surface area contributed by atoms with Gasteiger partial charge in [0.25, 0.3) is 0 Å². The maximum atomic E-state index is 12.7. The molecule has 0 aromatic heterocycles. The molecule has 132 valence electrons. The molecule has 1 saturated heterocycles. The van der Waals surface area contributed by atoms with Crippen molar-refractivity contribution >= 4 is 5.91 Å². The van der Waals surface area contributed by atoms with Gasteiger partial charge in [-0.1, -0.05) is 0 Å². The van der Waals surface area contributed by atoms with Crippen LogP contribution in [-0.4, -0.2) is 56.6 Å². The minimum Gasteiger partial charge on any atom is -0.493 e. The number of hydrogen-bond donors (Lipinski definition) is 0. The Morgan fingerprint density at radius 2 is 1.88 bits per heavy atom. The molecule has 0 N–H and O–H groups in total. The molecule has 24 heavy (non-hydrogen) atoms. The van der Waals surface area contributed by atoms with E-state index in [1.54, 1.807) is 14.2 Å². The van der Waals surface area contributed by atoms with Crippen molar-refractivity contribution in [1.82, 2.24) is 9.80 Å². The number of hydrogen-bond acceptors (Lipinski definition) is 4. The third kappa shape index (κ3) is 3.66. The van der Waals surface area contributed by atoms with Crippen LogP contribution in [0.25, 0.3) is 0 Å². The lowest BCUT2D eigenvalue weighted by atomic mass is 9.93. The van der Waals surface area contributed by atoms with Crippen molar-refractivity contribution in [2.24, 2.45) is 5.92 Å². The van der Waals surface area contributed by atoms with Gasteiger partial charge in [0.1, 0.15) is 0 Å². The van der Waals surface area contributed by atoms with Crippen LogP contribution in [0, 0.1) is 5.92 Å². The number of benzene rings is 1. The van der Waals surface area contributed by atoms with Crippen LogP contribution in [0.3, 0.4) is 0 Å². The van der Waals surface area contributed by atoms with Gasteiger partial charge in [-0.2, -0.15) is 0 Å². The number of rotatable bonds is 4. The zero-order chi connectivity index (χ0) is 17.1. The number of fused-ring (bicyclic) bond motifs is 1. The quantitative estimate of drug-likeness (QED) is 0.849. The summed E-state index contributed by atoms with van der Waals surface area (Å²) >= 11 is 0. The molecule has 0 aliphatic carbocycles. The Bertz CT molecular complexity index is 603. The number of carbonyl (C=O) groups is 1.